The summed E-state index contributed by atoms with van der Waals surface area (Å²) in [6.07, 6.45) is 6.09. The van der Waals surface area contributed by atoms with Crippen molar-refractivity contribution in [1.82, 2.24) is 0 Å². The van der Waals surface area contributed by atoms with Gasteiger partial charge >= 0.3 is 0 Å². The van der Waals surface area contributed by atoms with Crippen molar-refractivity contribution in [1.29, 1.82) is 0 Å². The molecule has 1 aromatic carbocycles. The van der Waals surface area contributed by atoms with E-state index in [-0.39, 0.29) is 0 Å². The first-order valence-corrected chi connectivity index (χ1v) is 6.68. The maximum atomic E-state index is 5.63. The molecular formula is C14H21ClO. The number of ether oxygens (including phenoxy) is 1. The molecule has 0 aromatic heterocycles. The smallest absolute Gasteiger partial charge is 0.119 e. The lowest BCUT2D eigenvalue weighted by atomic mass is 10.1. The maximum absolute atomic E-state index is 5.63. The molecule has 0 bridgehead atoms. The van der Waals surface area contributed by atoms with Crippen molar-refractivity contribution < 1.29 is 4.74 Å². The second-order valence-corrected chi connectivity index (χ2v) is 4.31. The number of aryl methyl sites for hydroxylation is 1. The second kappa shape index (κ2) is 8.46. The van der Waals surface area contributed by atoms with Gasteiger partial charge in [0.15, 0.2) is 0 Å². The van der Waals surface area contributed by atoms with Crippen LogP contribution >= 0.6 is 11.6 Å². The number of unbranched alkanes of at least 4 members (excludes halogenated alkanes) is 3. The van der Waals surface area contributed by atoms with Gasteiger partial charge in [-0.3, -0.25) is 0 Å². The quantitative estimate of drug-likeness (QED) is 0.483. The predicted octanol–water partition coefficient (Wildman–Crippen LogP) is 4.43. The Morgan fingerprint density at radius 2 is 1.69 bits per heavy atom. The van der Waals surface area contributed by atoms with Gasteiger partial charge in [0.1, 0.15) is 5.75 Å². The summed E-state index contributed by atoms with van der Waals surface area (Å²) < 4.78 is 5.40. The number of alkyl halides is 1. The minimum Gasteiger partial charge on any atom is -0.494 e. The van der Waals surface area contributed by atoms with Gasteiger partial charge in [-0.25, -0.2) is 0 Å². The third-order valence-corrected chi connectivity index (χ3v) is 2.85. The molecule has 0 spiro atoms. The molecule has 0 aliphatic carbocycles. The van der Waals surface area contributed by atoms with Gasteiger partial charge in [0.25, 0.3) is 0 Å². The highest BCUT2D eigenvalue weighted by atomic mass is 35.5. The van der Waals surface area contributed by atoms with Gasteiger partial charge in [-0.05, 0) is 43.9 Å². The molecule has 1 nitrogen and oxygen atoms in total. The maximum Gasteiger partial charge on any atom is 0.119 e. The Morgan fingerprint density at radius 3 is 2.31 bits per heavy atom. The molecule has 0 radical (unpaired) electrons. The van der Waals surface area contributed by atoms with E-state index in [0.717, 1.165) is 31.1 Å². The molecule has 1 rings (SSSR count). The van der Waals surface area contributed by atoms with Crippen LogP contribution in [0.4, 0.5) is 0 Å². The van der Waals surface area contributed by atoms with Crippen LogP contribution in [-0.4, -0.2) is 12.5 Å². The predicted molar refractivity (Wildman–Crippen MR) is 70.5 cm³/mol. The van der Waals surface area contributed by atoms with E-state index in [9.17, 15) is 0 Å². The van der Waals surface area contributed by atoms with Crippen LogP contribution in [0.1, 0.15) is 38.2 Å². The van der Waals surface area contributed by atoms with Crippen molar-refractivity contribution >= 4 is 11.6 Å². The Kier molecular flexibility index (Phi) is 7.07. The van der Waals surface area contributed by atoms with Gasteiger partial charge in [-0.15, -0.1) is 11.6 Å². The van der Waals surface area contributed by atoms with Crippen molar-refractivity contribution in [2.75, 3.05) is 12.5 Å². The Bertz CT molecular complexity index is 269. The summed E-state index contributed by atoms with van der Waals surface area (Å²) in [5.41, 5.74) is 1.40. The van der Waals surface area contributed by atoms with Crippen molar-refractivity contribution in [3.05, 3.63) is 29.8 Å². The molecular weight excluding hydrogens is 220 g/mol. The van der Waals surface area contributed by atoms with E-state index < -0.39 is 0 Å². The van der Waals surface area contributed by atoms with Crippen LogP contribution in [0.2, 0.25) is 0 Å². The van der Waals surface area contributed by atoms with Gasteiger partial charge in [-0.2, -0.15) is 0 Å². The first kappa shape index (κ1) is 13.4. The molecule has 0 atom stereocenters. The molecule has 0 N–H and O–H groups in total. The zero-order chi connectivity index (χ0) is 11.6. The highest BCUT2D eigenvalue weighted by Gasteiger charge is 1.95. The molecule has 1 aromatic rings. The number of hydrogen-bond donors (Lipinski definition) is 0. The van der Waals surface area contributed by atoms with Crippen LogP contribution in [0.15, 0.2) is 24.3 Å². The average Bonchev–Trinajstić information content (AvgIpc) is 2.31. The Balaban J connectivity index is 2.21. The molecule has 16 heavy (non-hydrogen) atoms. The third kappa shape index (κ3) is 5.41. The standard InChI is InChI=1S/C14H21ClO/c1-2-16-14-10-8-13(9-11-14)7-5-3-4-6-12-15/h8-11H,2-7,12H2,1H3. The van der Waals surface area contributed by atoms with E-state index in [1.54, 1.807) is 0 Å². The largest absolute Gasteiger partial charge is 0.494 e. The Morgan fingerprint density at radius 1 is 1.00 bits per heavy atom. The molecule has 0 amide bonds. The third-order valence-electron chi connectivity index (χ3n) is 2.58. The summed E-state index contributed by atoms with van der Waals surface area (Å²) in [5, 5.41) is 0. The SMILES string of the molecule is CCOc1ccc(CCCCCCCl)cc1. The lowest BCUT2D eigenvalue weighted by Gasteiger charge is -2.05. The van der Waals surface area contributed by atoms with E-state index in [4.69, 9.17) is 16.3 Å². The molecule has 0 saturated carbocycles. The Labute approximate surface area is 104 Å². The zero-order valence-electron chi connectivity index (χ0n) is 10.0. The van der Waals surface area contributed by atoms with Crippen LogP contribution in [0.3, 0.4) is 0 Å². The van der Waals surface area contributed by atoms with Crippen LogP contribution in [0, 0.1) is 0 Å². The molecule has 2 heteroatoms. The van der Waals surface area contributed by atoms with Crippen molar-refractivity contribution in [3.63, 3.8) is 0 Å². The van der Waals surface area contributed by atoms with Crippen molar-refractivity contribution in [2.24, 2.45) is 0 Å². The second-order valence-electron chi connectivity index (χ2n) is 3.93. The van der Waals surface area contributed by atoms with Gasteiger partial charge in [-0.1, -0.05) is 25.0 Å². The molecule has 0 saturated heterocycles. The monoisotopic (exact) mass is 240 g/mol. The fourth-order valence-corrected chi connectivity index (χ4v) is 1.89. The summed E-state index contributed by atoms with van der Waals surface area (Å²) in [7, 11) is 0. The van der Waals surface area contributed by atoms with E-state index in [0.29, 0.717) is 0 Å². The molecule has 90 valence electrons. The fraction of sp³-hybridized carbons (Fsp3) is 0.571. The molecule has 0 heterocycles. The lowest BCUT2D eigenvalue weighted by molar-refractivity contribution is 0.340. The van der Waals surface area contributed by atoms with Crippen molar-refractivity contribution in [3.8, 4) is 5.75 Å². The van der Waals surface area contributed by atoms with Crippen LogP contribution in [-0.2, 0) is 6.42 Å². The number of rotatable bonds is 8. The van der Waals surface area contributed by atoms with Gasteiger partial charge in [0.2, 0.25) is 0 Å². The fourth-order valence-electron chi connectivity index (χ4n) is 1.70. The first-order valence-electron chi connectivity index (χ1n) is 6.14. The summed E-state index contributed by atoms with van der Waals surface area (Å²) in [6, 6.07) is 8.42. The number of benzene rings is 1. The Hall–Kier alpha value is -0.690. The topological polar surface area (TPSA) is 9.23 Å². The summed E-state index contributed by atoms with van der Waals surface area (Å²) in [6.45, 7) is 2.74. The zero-order valence-corrected chi connectivity index (χ0v) is 10.8. The highest BCUT2D eigenvalue weighted by Crippen LogP contribution is 2.14. The minimum absolute atomic E-state index is 0.734. The summed E-state index contributed by atoms with van der Waals surface area (Å²) in [5.74, 6) is 1.76. The molecule has 0 aliphatic rings. The van der Waals surface area contributed by atoms with Crippen LogP contribution < -0.4 is 4.74 Å². The molecule has 0 aliphatic heterocycles. The van der Waals surface area contributed by atoms with Crippen molar-refractivity contribution in [2.45, 2.75) is 39.0 Å². The average molecular weight is 241 g/mol. The van der Waals surface area contributed by atoms with E-state index in [2.05, 4.69) is 24.3 Å². The minimum atomic E-state index is 0.734. The van der Waals surface area contributed by atoms with Gasteiger partial charge in [0.05, 0.1) is 6.61 Å². The summed E-state index contributed by atoms with van der Waals surface area (Å²) in [4.78, 5) is 0. The number of halogens is 1. The van der Waals surface area contributed by atoms with E-state index in [1.165, 1.54) is 24.8 Å². The van der Waals surface area contributed by atoms with Gasteiger partial charge < -0.3 is 4.74 Å². The van der Waals surface area contributed by atoms with E-state index >= 15 is 0 Å². The van der Waals surface area contributed by atoms with Crippen LogP contribution in [0.5, 0.6) is 5.75 Å². The van der Waals surface area contributed by atoms with E-state index in [1.807, 2.05) is 6.92 Å². The molecule has 0 fully saturated rings. The first-order chi connectivity index (χ1) is 7.86. The lowest BCUT2D eigenvalue weighted by Crippen LogP contribution is -1.92. The number of hydrogen-bond acceptors (Lipinski definition) is 1. The highest BCUT2D eigenvalue weighted by molar-refractivity contribution is 6.17. The van der Waals surface area contributed by atoms with Crippen LogP contribution in [0.25, 0.3) is 0 Å². The van der Waals surface area contributed by atoms with Gasteiger partial charge in [0, 0.05) is 5.88 Å². The normalized spacial score (nSPS) is 10.4. The summed E-state index contributed by atoms with van der Waals surface area (Å²) >= 11 is 5.63. The molecule has 0 unspecified atom stereocenters.